The summed E-state index contributed by atoms with van der Waals surface area (Å²) < 4.78 is 10.8. The monoisotopic (exact) mass is 428 g/mol. The number of ether oxygens (including phenoxy) is 2. The summed E-state index contributed by atoms with van der Waals surface area (Å²) in [6, 6.07) is 7.70. The Labute approximate surface area is 185 Å². The van der Waals surface area contributed by atoms with Crippen LogP contribution in [-0.4, -0.2) is 54.6 Å². The molecule has 8 heteroatoms. The highest BCUT2D eigenvalue weighted by atomic mass is 16.5. The lowest BCUT2D eigenvalue weighted by Crippen LogP contribution is -2.43. The van der Waals surface area contributed by atoms with Gasteiger partial charge in [0.1, 0.15) is 18.1 Å². The van der Waals surface area contributed by atoms with Crippen molar-refractivity contribution >= 4 is 5.96 Å². The van der Waals surface area contributed by atoms with Crippen molar-refractivity contribution in [1.82, 2.24) is 25.8 Å². The molecule has 0 aliphatic heterocycles. The highest BCUT2D eigenvalue weighted by Gasteiger charge is 2.33. The van der Waals surface area contributed by atoms with Gasteiger partial charge in [0.15, 0.2) is 11.8 Å². The van der Waals surface area contributed by atoms with E-state index in [2.05, 4.69) is 39.7 Å². The van der Waals surface area contributed by atoms with Crippen LogP contribution in [0.3, 0.4) is 0 Å². The maximum atomic E-state index is 5.63. The fourth-order valence-corrected chi connectivity index (χ4v) is 4.08. The molecule has 31 heavy (non-hydrogen) atoms. The molecule has 0 bridgehead atoms. The average molecular weight is 429 g/mol. The largest absolute Gasteiger partial charge is 0.497 e. The summed E-state index contributed by atoms with van der Waals surface area (Å²) in [6.07, 6.45) is 6.20. The number of hydrogen-bond acceptors (Lipinski definition) is 5. The van der Waals surface area contributed by atoms with E-state index in [9.17, 15) is 0 Å². The third-order valence-corrected chi connectivity index (χ3v) is 5.89. The van der Waals surface area contributed by atoms with Gasteiger partial charge in [-0.25, -0.2) is 9.98 Å². The van der Waals surface area contributed by atoms with Crippen molar-refractivity contribution < 1.29 is 9.47 Å². The third-order valence-electron chi connectivity index (χ3n) is 5.89. The lowest BCUT2D eigenvalue weighted by molar-refractivity contribution is 0.105. The van der Waals surface area contributed by atoms with Crippen LogP contribution in [0.4, 0.5) is 0 Å². The second-order valence-electron chi connectivity index (χ2n) is 8.04. The fourth-order valence-electron chi connectivity index (χ4n) is 4.08. The number of guanidine groups is 1. The average Bonchev–Trinajstić information content (AvgIpc) is 3.46. The van der Waals surface area contributed by atoms with Crippen LogP contribution in [0, 0.1) is 5.41 Å². The number of aromatic amines is 1. The molecule has 8 nitrogen and oxygen atoms in total. The van der Waals surface area contributed by atoms with Crippen LogP contribution in [0.1, 0.15) is 51.8 Å². The molecule has 1 aromatic heterocycles. The minimum Gasteiger partial charge on any atom is -0.497 e. The number of hydrogen-bond donors (Lipinski definition) is 3. The molecule has 0 saturated heterocycles. The Kier molecular flexibility index (Phi) is 8.70. The maximum absolute atomic E-state index is 5.63. The third kappa shape index (κ3) is 6.69. The smallest absolute Gasteiger partial charge is 0.191 e. The standard InChI is InChI=1S/C23H36N6O2/c1-4-24-22(26-17-23(12-6-7-13-23)14-15-31-5-2)25-16-20-27-21(29-28-20)18-8-10-19(30-3)11-9-18/h8-11H,4-7,12-17H2,1-3H3,(H2,24,25,26)(H,27,28,29). The quantitative estimate of drug-likeness (QED) is 0.288. The molecule has 1 aromatic carbocycles. The van der Waals surface area contributed by atoms with E-state index < -0.39 is 0 Å². The number of methoxy groups -OCH3 is 1. The van der Waals surface area contributed by atoms with Gasteiger partial charge in [-0.15, -0.1) is 0 Å². The number of nitrogens with one attached hydrogen (secondary N) is 3. The molecule has 1 fully saturated rings. The van der Waals surface area contributed by atoms with Crippen LogP contribution in [0.15, 0.2) is 29.3 Å². The molecule has 170 valence electrons. The molecule has 2 aromatic rings. The van der Waals surface area contributed by atoms with Crippen LogP contribution in [-0.2, 0) is 11.3 Å². The molecule has 3 rings (SSSR count). The predicted octanol–water partition coefficient (Wildman–Crippen LogP) is 3.52. The van der Waals surface area contributed by atoms with E-state index in [1.165, 1.54) is 25.7 Å². The molecule has 1 heterocycles. The van der Waals surface area contributed by atoms with Gasteiger partial charge in [-0.3, -0.25) is 5.10 Å². The summed E-state index contributed by atoms with van der Waals surface area (Å²) in [5.74, 6) is 3.01. The fraction of sp³-hybridized carbons (Fsp3) is 0.609. The molecule has 0 radical (unpaired) electrons. The topological polar surface area (TPSA) is 96.5 Å². The molecule has 1 aliphatic carbocycles. The molecule has 0 amide bonds. The number of aliphatic imine (C=N–C) groups is 1. The van der Waals surface area contributed by atoms with Gasteiger partial charge in [-0.1, -0.05) is 12.8 Å². The minimum absolute atomic E-state index is 0.305. The van der Waals surface area contributed by atoms with Gasteiger partial charge in [0, 0.05) is 31.9 Å². The van der Waals surface area contributed by atoms with Crippen molar-refractivity contribution in [3.63, 3.8) is 0 Å². The van der Waals surface area contributed by atoms with Crippen molar-refractivity contribution in [2.24, 2.45) is 10.4 Å². The zero-order valence-electron chi connectivity index (χ0n) is 19.0. The Morgan fingerprint density at radius 2 is 1.94 bits per heavy atom. The second-order valence-corrected chi connectivity index (χ2v) is 8.04. The van der Waals surface area contributed by atoms with Gasteiger partial charge in [-0.05, 0) is 62.8 Å². The number of benzene rings is 1. The highest BCUT2D eigenvalue weighted by Crippen LogP contribution is 2.40. The summed E-state index contributed by atoms with van der Waals surface area (Å²) in [4.78, 5) is 9.30. The predicted molar refractivity (Wildman–Crippen MR) is 123 cm³/mol. The molecule has 1 aliphatic rings. The first-order valence-corrected chi connectivity index (χ1v) is 11.3. The number of nitrogens with zero attached hydrogens (tertiary/aromatic N) is 3. The van der Waals surface area contributed by atoms with Gasteiger partial charge in [0.25, 0.3) is 0 Å². The van der Waals surface area contributed by atoms with Crippen LogP contribution < -0.4 is 15.4 Å². The Morgan fingerprint density at radius 1 is 1.16 bits per heavy atom. The number of rotatable bonds is 11. The second kappa shape index (κ2) is 11.7. The van der Waals surface area contributed by atoms with Crippen molar-refractivity contribution in [1.29, 1.82) is 0 Å². The summed E-state index contributed by atoms with van der Waals surface area (Å²) in [6.45, 7) is 7.91. The normalized spacial score (nSPS) is 15.8. The van der Waals surface area contributed by atoms with Crippen molar-refractivity contribution in [3.05, 3.63) is 30.1 Å². The van der Waals surface area contributed by atoms with Gasteiger partial charge < -0.3 is 20.1 Å². The van der Waals surface area contributed by atoms with Crippen LogP contribution in [0.25, 0.3) is 11.4 Å². The van der Waals surface area contributed by atoms with Gasteiger partial charge in [0.2, 0.25) is 0 Å². The lowest BCUT2D eigenvalue weighted by Gasteiger charge is -2.30. The molecular weight excluding hydrogens is 392 g/mol. The Morgan fingerprint density at radius 3 is 2.61 bits per heavy atom. The van der Waals surface area contributed by atoms with Crippen LogP contribution in [0.5, 0.6) is 5.75 Å². The van der Waals surface area contributed by atoms with Crippen molar-refractivity contribution in [2.75, 3.05) is 33.4 Å². The zero-order chi connectivity index (χ0) is 21.9. The number of H-pyrrole nitrogens is 1. The molecular formula is C23H36N6O2. The molecule has 0 atom stereocenters. The van der Waals surface area contributed by atoms with E-state index in [1.54, 1.807) is 7.11 Å². The van der Waals surface area contributed by atoms with E-state index in [4.69, 9.17) is 14.5 Å². The Balaban J connectivity index is 1.59. The van der Waals surface area contributed by atoms with E-state index in [0.29, 0.717) is 17.8 Å². The van der Waals surface area contributed by atoms with E-state index in [-0.39, 0.29) is 0 Å². The summed E-state index contributed by atoms with van der Waals surface area (Å²) >= 11 is 0. The molecule has 0 spiro atoms. The van der Waals surface area contributed by atoms with Crippen LogP contribution in [0.2, 0.25) is 0 Å². The van der Waals surface area contributed by atoms with Crippen molar-refractivity contribution in [3.8, 4) is 17.1 Å². The highest BCUT2D eigenvalue weighted by molar-refractivity contribution is 5.79. The van der Waals surface area contributed by atoms with Gasteiger partial charge >= 0.3 is 0 Å². The molecule has 3 N–H and O–H groups in total. The van der Waals surface area contributed by atoms with E-state index in [0.717, 1.165) is 55.8 Å². The first kappa shape index (κ1) is 23.1. The Bertz CT molecular complexity index is 812. The Hall–Kier alpha value is -2.61. The van der Waals surface area contributed by atoms with Crippen molar-refractivity contribution in [2.45, 2.75) is 52.5 Å². The first-order chi connectivity index (χ1) is 15.2. The van der Waals surface area contributed by atoms with E-state index >= 15 is 0 Å². The van der Waals surface area contributed by atoms with E-state index in [1.807, 2.05) is 24.3 Å². The van der Waals surface area contributed by atoms with Crippen LogP contribution >= 0.6 is 0 Å². The number of aromatic nitrogens is 3. The SMILES string of the molecule is CCNC(=NCc1nc(-c2ccc(OC)cc2)n[nH]1)NCC1(CCOCC)CCCC1. The van der Waals surface area contributed by atoms with Gasteiger partial charge in [0.05, 0.1) is 7.11 Å². The summed E-state index contributed by atoms with van der Waals surface area (Å²) in [5, 5.41) is 14.2. The maximum Gasteiger partial charge on any atom is 0.191 e. The molecule has 1 saturated carbocycles. The summed E-state index contributed by atoms with van der Waals surface area (Å²) in [7, 11) is 1.65. The molecule has 0 unspecified atom stereocenters. The minimum atomic E-state index is 0.305. The first-order valence-electron chi connectivity index (χ1n) is 11.3. The van der Waals surface area contributed by atoms with Gasteiger partial charge in [-0.2, -0.15) is 5.10 Å². The zero-order valence-corrected chi connectivity index (χ0v) is 19.0. The lowest BCUT2D eigenvalue weighted by atomic mass is 9.83. The summed E-state index contributed by atoms with van der Waals surface area (Å²) in [5.41, 5.74) is 1.24.